The highest BCUT2D eigenvalue weighted by Gasteiger charge is 2.15. The number of nitrogens with two attached hydrogens (primary N) is 1. The second-order valence-corrected chi connectivity index (χ2v) is 4.27. The molecule has 0 aromatic carbocycles. The molecule has 0 saturated carbocycles. The zero-order valence-electron chi connectivity index (χ0n) is 11.5. The van der Waals surface area contributed by atoms with Crippen molar-refractivity contribution < 1.29 is 4.79 Å². The molecule has 0 spiro atoms. The minimum absolute atomic E-state index is 0.113. The third-order valence-corrected chi connectivity index (χ3v) is 2.79. The van der Waals surface area contributed by atoms with Gasteiger partial charge in [0.05, 0.1) is 6.54 Å². The number of amides is 2. The minimum atomic E-state index is -0.451. The van der Waals surface area contributed by atoms with Gasteiger partial charge in [0, 0.05) is 18.4 Å². The smallest absolute Gasteiger partial charge is 0.324 e. The van der Waals surface area contributed by atoms with Crippen LogP contribution in [-0.2, 0) is 6.42 Å². The predicted octanol–water partition coefficient (Wildman–Crippen LogP) is 0.861. The Morgan fingerprint density at radius 3 is 3.00 bits per heavy atom. The number of hydrogen-bond donors (Lipinski definition) is 3. The Morgan fingerprint density at radius 1 is 1.65 bits per heavy atom. The van der Waals surface area contributed by atoms with Crippen LogP contribution in [0.25, 0.3) is 0 Å². The first-order valence-corrected chi connectivity index (χ1v) is 6.29. The molecule has 2 amide bonds. The molecule has 20 heavy (non-hydrogen) atoms. The molecular weight excluding hydrogens is 254 g/mol. The molecule has 1 heterocycles. The fourth-order valence-corrected chi connectivity index (χ4v) is 1.74. The minimum Gasteiger partial charge on any atom is -0.370 e. The van der Waals surface area contributed by atoms with Crippen molar-refractivity contribution in [2.75, 3.05) is 13.1 Å². The summed E-state index contributed by atoms with van der Waals surface area (Å²) in [7, 11) is 0. The number of urea groups is 1. The Labute approximate surface area is 118 Å². The largest absolute Gasteiger partial charge is 0.370 e. The molecule has 6 heteroatoms. The first-order chi connectivity index (χ1) is 9.56. The Hall–Kier alpha value is -2.55. The zero-order valence-corrected chi connectivity index (χ0v) is 11.5. The maximum absolute atomic E-state index is 11.7. The van der Waals surface area contributed by atoms with Gasteiger partial charge in [0.1, 0.15) is 0 Å². The van der Waals surface area contributed by atoms with Crippen molar-refractivity contribution in [1.82, 2.24) is 15.2 Å². The van der Waals surface area contributed by atoms with E-state index in [9.17, 15) is 4.79 Å². The van der Waals surface area contributed by atoms with E-state index >= 15 is 0 Å². The molecule has 1 aromatic heterocycles. The first kappa shape index (κ1) is 15.5. The molecule has 0 aliphatic carbocycles. The highest BCUT2D eigenvalue weighted by molar-refractivity contribution is 5.93. The summed E-state index contributed by atoms with van der Waals surface area (Å²) in [5, 5.41) is 9.91. The van der Waals surface area contributed by atoms with Crippen molar-refractivity contribution >= 4 is 12.0 Å². The summed E-state index contributed by atoms with van der Waals surface area (Å²) in [6.45, 7) is 2.45. The van der Waals surface area contributed by atoms with Gasteiger partial charge >= 0.3 is 6.03 Å². The van der Waals surface area contributed by atoms with E-state index in [1.807, 2.05) is 19.1 Å². The van der Waals surface area contributed by atoms with Crippen molar-refractivity contribution in [3.05, 3.63) is 29.6 Å². The number of aromatic nitrogens is 1. The molecule has 4 N–H and O–H groups in total. The molecule has 1 aromatic rings. The van der Waals surface area contributed by atoms with Gasteiger partial charge in [-0.1, -0.05) is 12.0 Å². The Morgan fingerprint density at radius 2 is 2.40 bits per heavy atom. The van der Waals surface area contributed by atoms with Crippen LogP contribution in [0.3, 0.4) is 0 Å². The van der Waals surface area contributed by atoms with Crippen LogP contribution in [0.5, 0.6) is 0 Å². The van der Waals surface area contributed by atoms with Crippen LogP contribution in [0, 0.1) is 24.7 Å². The van der Waals surface area contributed by atoms with E-state index in [4.69, 9.17) is 17.6 Å². The lowest BCUT2D eigenvalue weighted by atomic mass is 10.1. The summed E-state index contributed by atoms with van der Waals surface area (Å²) >= 11 is 0. The van der Waals surface area contributed by atoms with E-state index in [1.165, 1.54) is 0 Å². The maximum atomic E-state index is 11.7. The molecule has 0 saturated heterocycles. The molecule has 106 valence electrons. The molecule has 0 unspecified atom stereocenters. The normalized spacial score (nSPS) is 9.60. The molecule has 6 nitrogen and oxygen atoms in total. The molecule has 0 aliphatic heterocycles. The number of hydrogen-bond acceptors (Lipinski definition) is 3. The SMILES string of the molecule is C#CCNC(=O)N(CCCc1ncccc1C)C(=N)N. The van der Waals surface area contributed by atoms with Crippen molar-refractivity contribution in [3.63, 3.8) is 0 Å². The van der Waals surface area contributed by atoms with Crippen LogP contribution >= 0.6 is 0 Å². The predicted molar refractivity (Wildman–Crippen MR) is 78.1 cm³/mol. The lowest BCUT2D eigenvalue weighted by Crippen LogP contribution is -2.47. The van der Waals surface area contributed by atoms with Gasteiger partial charge in [-0.2, -0.15) is 0 Å². The van der Waals surface area contributed by atoms with Crippen molar-refractivity contribution in [1.29, 1.82) is 5.41 Å². The van der Waals surface area contributed by atoms with E-state index in [2.05, 4.69) is 16.2 Å². The summed E-state index contributed by atoms with van der Waals surface area (Å²) in [6.07, 6.45) is 8.20. The molecule has 1 rings (SSSR count). The van der Waals surface area contributed by atoms with Crippen LogP contribution < -0.4 is 11.1 Å². The quantitative estimate of drug-likeness (QED) is 0.422. The Kier molecular flexibility index (Phi) is 6.04. The van der Waals surface area contributed by atoms with Crippen LogP contribution in [0.4, 0.5) is 4.79 Å². The number of carbonyl (C=O) groups is 1. The number of guanidine groups is 1. The summed E-state index contributed by atoms with van der Waals surface area (Å²) in [6, 6.07) is 3.42. The fourth-order valence-electron chi connectivity index (χ4n) is 1.74. The molecular formula is C14H19N5O. The molecule has 0 aliphatic rings. The van der Waals surface area contributed by atoms with E-state index in [-0.39, 0.29) is 12.5 Å². The summed E-state index contributed by atoms with van der Waals surface area (Å²) in [5.41, 5.74) is 7.50. The number of nitrogens with one attached hydrogen (secondary N) is 2. The fraction of sp³-hybridized carbons (Fsp3) is 0.357. The van der Waals surface area contributed by atoms with Gasteiger partial charge in [-0.3, -0.25) is 15.3 Å². The van der Waals surface area contributed by atoms with Gasteiger partial charge in [0.25, 0.3) is 0 Å². The summed E-state index contributed by atoms with van der Waals surface area (Å²) in [5.74, 6) is 2.01. The van der Waals surface area contributed by atoms with Gasteiger partial charge in [0.2, 0.25) is 0 Å². The third-order valence-electron chi connectivity index (χ3n) is 2.79. The molecule has 0 bridgehead atoms. The van der Waals surface area contributed by atoms with Gasteiger partial charge in [-0.15, -0.1) is 6.42 Å². The number of pyridine rings is 1. The number of nitrogens with zero attached hydrogens (tertiary/aromatic N) is 2. The monoisotopic (exact) mass is 273 g/mol. The van der Waals surface area contributed by atoms with Crippen LogP contribution in [-0.4, -0.2) is 35.0 Å². The van der Waals surface area contributed by atoms with Crippen LogP contribution in [0.1, 0.15) is 17.7 Å². The number of aryl methyl sites for hydroxylation is 2. The van der Waals surface area contributed by atoms with Crippen molar-refractivity contribution in [2.45, 2.75) is 19.8 Å². The first-order valence-electron chi connectivity index (χ1n) is 6.29. The summed E-state index contributed by atoms with van der Waals surface area (Å²) in [4.78, 5) is 17.2. The average molecular weight is 273 g/mol. The highest BCUT2D eigenvalue weighted by Crippen LogP contribution is 2.06. The van der Waals surface area contributed by atoms with Gasteiger partial charge in [-0.05, 0) is 31.4 Å². The third kappa shape index (κ3) is 4.61. The highest BCUT2D eigenvalue weighted by atomic mass is 16.2. The van der Waals surface area contributed by atoms with E-state index in [0.717, 1.165) is 22.6 Å². The average Bonchev–Trinajstić information content (AvgIpc) is 2.42. The zero-order chi connectivity index (χ0) is 15.0. The van der Waals surface area contributed by atoms with E-state index in [1.54, 1.807) is 6.20 Å². The van der Waals surface area contributed by atoms with Crippen molar-refractivity contribution in [2.24, 2.45) is 5.73 Å². The summed E-state index contributed by atoms with van der Waals surface area (Å²) < 4.78 is 0. The molecule has 0 atom stereocenters. The van der Waals surface area contributed by atoms with Gasteiger partial charge in [0.15, 0.2) is 5.96 Å². The van der Waals surface area contributed by atoms with E-state index < -0.39 is 6.03 Å². The van der Waals surface area contributed by atoms with Crippen molar-refractivity contribution in [3.8, 4) is 12.3 Å². The van der Waals surface area contributed by atoms with Gasteiger partial charge < -0.3 is 11.1 Å². The lowest BCUT2D eigenvalue weighted by molar-refractivity contribution is 0.221. The number of rotatable bonds is 5. The number of carbonyl (C=O) groups excluding carboxylic acids is 1. The molecule has 0 fully saturated rings. The number of terminal acetylenes is 1. The van der Waals surface area contributed by atoms with Crippen LogP contribution in [0.2, 0.25) is 0 Å². The second kappa shape index (κ2) is 7.79. The maximum Gasteiger partial charge on any atom is 0.324 e. The standard InChI is InChI=1S/C14H19N5O/c1-3-8-18-14(20)19(13(15)16)10-5-7-12-11(2)6-4-9-17-12/h1,4,6,9H,5,7-8,10H2,2H3,(H3,15,16)(H,18,20). The van der Waals surface area contributed by atoms with Crippen LogP contribution in [0.15, 0.2) is 18.3 Å². The van der Waals surface area contributed by atoms with Gasteiger partial charge in [-0.25, -0.2) is 4.79 Å². The van der Waals surface area contributed by atoms with E-state index in [0.29, 0.717) is 13.0 Å². The lowest BCUT2D eigenvalue weighted by Gasteiger charge is -2.20. The Bertz CT molecular complexity index is 521. The molecule has 0 radical (unpaired) electrons. The topological polar surface area (TPSA) is 95.1 Å². The second-order valence-electron chi connectivity index (χ2n) is 4.27. The Balaban J connectivity index is 2.52.